The number of morpholine rings is 1. The van der Waals surface area contributed by atoms with E-state index in [2.05, 4.69) is 36.9 Å². The van der Waals surface area contributed by atoms with Crippen LogP contribution in [0.1, 0.15) is 55.2 Å². The smallest absolute Gasteiger partial charge is 0.233 e. The van der Waals surface area contributed by atoms with Crippen molar-refractivity contribution in [1.82, 2.24) is 4.90 Å². The maximum Gasteiger partial charge on any atom is 0.233 e. The van der Waals surface area contributed by atoms with E-state index in [1.165, 1.54) is 29.5 Å². The van der Waals surface area contributed by atoms with E-state index in [4.69, 9.17) is 4.74 Å². The molecule has 0 aromatic heterocycles. The number of ether oxygens (including phenoxy) is 1. The molecule has 2 saturated carbocycles. The monoisotopic (exact) mass is 313 g/mol. The lowest BCUT2D eigenvalue weighted by atomic mass is 9.86. The van der Waals surface area contributed by atoms with Crippen molar-refractivity contribution in [3.05, 3.63) is 34.9 Å². The van der Waals surface area contributed by atoms with Crippen molar-refractivity contribution in [2.75, 3.05) is 13.2 Å². The minimum absolute atomic E-state index is 0.240. The molecule has 1 aromatic carbocycles. The van der Waals surface area contributed by atoms with Gasteiger partial charge in [0, 0.05) is 6.54 Å². The van der Waals surface area contributed by atoms with Crippen molar-refractivity contribution in [3.63, 3.8) is 0 Å². The fourth-order valence-electron chi connectivity index (χ4n) is 4.63. The standard InChI is InChI=1S/C20H27NO2/c1-14-11-15(2)13-16(12-14)20(7-8-20)19(22)21-9-10-23-18-6-4-3-5-17(18)21/h11-13,17-18H,3-10H2,1-2H3. The molecule has 0 bridgehead atoms. The average Bonchev–Trinajstić information content (AvgIpc) is 3.34. The van der Waals surface area contributed by atoms with Crippen molar-refractivity contribution in [2.24, 2.45) is 0 Å². The summed E-state index contributed by atoms with van der Waals surface area (Å²) in [5.41, 5.74) is 3.52. The minimum atomic E-state index is -0.240. The second-order valence-electron chi connectivity index (χ2n) is 7.72. The van der Waals surface area contributed by atoms with Gasteiger partial charge in [0.25, 0.3) is 0 Å². The van der Waals surface area contributed by atoms with Gasteiger partial charge in [0.15, 0.2) is 0 Å². The van der Waals surface area contributed by atoms with Crippen LogP contribution in [0.5, 0.6) is 0 Å². The Morgan fingerprint density at radius 3 is 2.52 bits per heavy atom. The van der Waals surface area contributed by atoms with Crippen LogP contribution < -0.4 is 0 Å². The van der Waals surface area contributed by atoms with Gasteiger partial charge in [-0.15, -0.1) is 0 Å². The summed E-state index contributed by atoms with van der Waals surface area (Å²) in [5.74, 6) is 0.364. The van der Waals surface area contributed by atoms with Crippen LogP contribution in [0.3, 0.4) is 0 Å². The predicted molar refractivity (Wildman–Crippen MR) is 90.5 cm³/mol. The number of carbonyl (C=O) groups excluding carboxylic acids is 1. The summed E-state index contributed by atoms with van der Waals surface area (Å²) in [7, 11) is 0. The van der Waals surface area contributed by atoms with Crippen LogP contribution in [0.15, 0.2) is 18.2 Å². The van der Waals surface area contributed by atoms with Crippen LogP contribution in [-0.4, -0.2) is 36.1 Å². The second-order valence-corrected chi connectivity index (χ2v) is 7.72. The fourth-order valence-corrected chi connectivity index (χ4v) is 4.63. The van der Waals surface area contributed by atoms with Gasteiger partial charge < -0.3 is 9.64 Å². The Hall–Kier alpha value is -1.35. The van der Waals surface area contributed by atoms with Gasteiger partial charge in [-0.3, -0.25) is 4.79 Å². The SMILES string of the molecule is Cc1cc(C)cc(C2(C(=O)N3CCOC4CCCCC43)CC2)c1. The molecular weight excluding hydrogens is 286 g/mol. The lowest BCUT2D eigenvalue weighted by molar-refractivity contribution is -0.152. The number of aryl methyl sites for hydroxylation is 2. The van der Waals surface area contributed by atoms with Crippen LogP contribution in [0.2, 0.25) is 0 Å². The third kappa shape index (κ3) is 2.59. The van der Waals surface area contributed by atoms with E-state index in [0.29, 0.717) is 18.6 Å². The van der Waals surface area contributed by atoms with Crippen molar-refractivity contribution in [2.45, 2.75) is 69.9 Å². The van der Waals surface area contributed by atoms with Crippen molar-refractivity contribution >= 4 is 5.91 Å². The maximum atomic E-state index is 13.4. The largest absolute Gasteiger partial charge is 0.374 e. The Morgan fingerprint density at radius 1 is 1.13 bits per heavy atom. The third-order valence-corrected chi connectivity index (χ3v) is 5.93. The first kappa shape index (κ1) is 15.2. The maximum absolute atomic E-state index is 13.4. The number of hydrogen-bond acceptors (Lipinski definition) is 2. The van der Waals surface area contributed by atoms with E-state index in [1.54, 1.807) is 0 Å². The van der Waals surface area contributed by atoms with E-state index in [9.17, 15) is 4.79 Å². The molecular formula is C20H27NO2. The van der Waals surface area contributed by atoms with Crippen LogP contribution >= 0.6 is 0 Å². The van der Waals surface area contributed by atoms with Gasteiger partial charge in [-0.1, -0.05) is 42.2 Å². The molecule has 1 amide bonds. The quantitative estimate of drug-likeness (QED) is 0.836. The summed E-state index contributed by atoms with van der Waals surface area (Å²) in [5, 5.41) is 0. The van der Waals surface area contributed by atoms with Crippen LogP contribution in [0, 0.1) is 13.8 Å². The third-order valence-electron chi connectivity index (χ3n) is 5.93. The van der Waals surface area contributed by atoms with Gasteiger partial charge in [0.1, 0.15) is 0 Å². The zero-order valence-corrected chi connectivity index (χ0v) is 14.3. The number of amides is 1. The molecule has 124 valence electrons. The van der Waals surface area contributed by atoms with Crippen LogP contribution in [0.25, 0.3) is 0 Å². The predicted octanol–water partition coefficient (Wildman–Crippen LogP) is 3.51. The molecule has 3 fully saturated rings. The molecule has 1 saturated heterocycles. The highest BCUT2D eigenvalue weighted by Crippen LogP contribution is 2.51. The van der Waals surface area contributed by atoms with E-state index >= 15 is 0 Å². The van der Waals surface area contributed by atoms with E-state index in [0.717, 1.165) is 32.2 Å². The molecule has 1 aliphatic heterocycles. The number of carbonyl (C=O) groups is 1. The first-order valence-corrected chi connectivity index (χ1v) is 9.12. The molecule has 0 N–H and O–H groups in total. The Morgan fingerprint density at radius 2 is 1.83 bits per heavy atom. The minimum Gasteiger partial charge on any atom is -0.374 e. The van der Waals surface area contributed by atoms with Crippen LogP contribution in [-0.2, 0) is 14.9 Å². The van der Waals surface area contributed by atoms with Gasteiger partial charge in [-0.2, -0.15) is 0 Å². The Kier molecular flexibility index (Phi) is 3.72. The Labute approximate surface area is 139 Å². The molecule has 0 radical (unpaired) electrons. The summed E-state index contributed by atoms with van der Waals surface area (Å²) >= 11 is 0. The highest BCUT2D eigenvalue weighted by molar-refractivity contribution is 5.91. The molecule has 3 aliphatic rings. The summed E-state index contributed by atoms with van der Waals surface area (Å²) in [6, 6.07) is 6.94. The number of fused-ring (bicyclic) bond motifs is 1. The molecule has 0 spiro atoms. The van der Waals surface area contributed by atoms with E-state index < -0.39 is 0 Å². The van der Waals surface area contributed by atoms with E-state index in [1.807, 2.05) is 0 Å². The normalized spacial score (nSPS) is 29.0. The molecule has 23 heavy (non-hydrogen) atoms. The Balaban J connectivity index is 1.62. The Bertz CT molecular complexity index is 598. The van der Waals surface area contributed by atoms with Crippen molar-refractivity contribution in [1.29, 1.82) is 0 Å². The molecule has 1 heterocycles. The molecule has 3 nitrogen and oxygen atoms in total. The number of benzene rings is 1. The summed E-state index contributed by atoms with van der Waals surface area (Å²) in [6.45, 7) is 5.73. The molecule has 4 rings (SSSR count). The fraction of sp³-hybridized carbons (Fsp3) is 0.650. The zero-order chi connectivity index (χ0) is 16.0. The van der Waals surface area contributed by atoms with Crippen molar-refractivity contribution < 1.29 is 9.53 Å². The summed E-state index contributed by atoms with van der Waals surface area (Å²) < 4.78 is 5.95. The lowest BCUT2D eigenvalue weighted by Gasteiger charge is -2.45. The van der Waals surface area contributed by atoms with E-state index in [-0.39, 0.29) is 11.5 Å². The van der Waals surface area contributed by atoms with Crippen LogP contribution in [0.4, 0.5) is 0 Å². The summed E-state index contributed by atoms with van der Waals surface area (Å²) in [6.07, 6.45) is 6.98. The number of hydrogen-bond donors (Lipinski definition) is 0. The molecule has 1 aromatic rings. The second kappa shape index (κ2) is 5.62. The highest BCUT2D eigenvalue weighted by Gasteiger charge is 2.55. The van der Waals surface area contributed by atoms with Gasteiger partial charge in [-0.25, -0.2) is 0 Å². The number of nitrogens with zero attached hydrogens (tertiary/aromatic N) is 1. The first-order chi connectivity index (χ1) is 11.1. The molecule has 2 unspecified atom stereocenters. The van der Waals surface area contributed by atoms with Gasteiger partial charge >= 0.3 is 0 Å². The number of rotatable bonds is 2. The molecule has 3 heteroatoms. The van der Waals surface area contributed by atoms with Gasteiger partial charge in [0.2, 0.25) is 5.91 Å². The lowest BCUT2D eigenvalue weighted by Crippen LogP contribution is -2.57. The molecule has 2 aliphatic carbocycles. The highest BCUT2D eigenvalue weighted by atomic mass is 16.5. The van der Waals surface area contributed by atoms with Gasteiger partial charge in [0.05, 0.1) is 24.2 Å². The zero-order valence-electron chi connectivity index (χ0n) is 14.3. The van der Waals surface area contributed by atoms with Crippen molar-refractivity contribution in [3.8, 4) is 0 Å². The van der Waals surface area contributed by atoms with Gasteiger partial charge in [-0.05, 0) is 45.1 Å². The average molecular weight is 313 g/mol. The first-order valence-electron chi connectivity index (χ1n) is 9.12. The molecule has 2 atom stereocenters. The topological polar surface area (TPSA) is 29.5 Å². The summed E-state index contributed by atoms with van der Waals surface area (Å²) in [4.78, 5) is 15.6.